The maximum atomic E-state index is 11.5. The van der Waals surface area contributed by atoms with Gasteiger partial charge in [0.05, 0.1) is 4.92 Å². The Kier molecular flexibility index (Phi) is 3.34. The maximum absolute atomic E-state index is 11.5. The fourth-order valence-corrected chi connectivity index (χ4v) is 1.91. The highest BCUT2D eigenvalue weighted by Gasteiger charge is 2.15. The van der Waals surface area contributed by atoms with Crippen LogP contribution in [0.4, 0.5) is 5.69 Å². The van der Waals surface area contributed by atoms with Crippen molar-refractivity contribution in [1.82, 2.24) is 4.57 Å². The largest absolute Gasteiger partial charge is 0.477 e. The Bertz CT molecular complexity index is 746. The Morgan fingerprint density at radius 1 is 1.25 bits per heavy atom. The van der Waals surface area contributed by atoms with Crippen LogP contribution in [0.15, 0.2) is 41.3 Å². The lowest BCUT2D eigenvalue weighted by atomic mass is 10.1. The predicted molar refractivity (Wildman–Crippen MR) is 70.4 cm³/mol. The molecule has 1 heterocycles. The van der Waals surface area contributed by atoms with E-state index in [0.717, 1.165) is 6.07 Å². The maximum Gasteiger partial charge on any atom is 0.341 e. The third-order valence-corrected chi connectivity index (χ3v) is 2.90. The van der Waals surface area contributed by atoms with Gasteiger partial charge in [-0.25, -0.2) is 4.79 Å². The molecule has 7 heteroatoms. The molecule has 0 amide bonds. The van der Waals surface area contributed by atoms with Gasteiger partial charge in [-0.05, 0) is 19.1 Å². The summed E-state index contributed by atoms with van der Waals surface area (Å²) in [4.78, 5) is 32.7. The van der Waals surface area contributed by atoms with Crippen LogP contribution in [0.2, 0.25) is 0 Å². The first kappa shape index (κ1) is 13.5. The Morgan fingerprint density at radius 3 is 2.35 bits per heavy atom. The van der Waals surface area contributed by atoms with Gasteiger partial charge in [-0.1, -0.05) is 0 Å². The van der Waals surface area contributed by atoms with E-state index < -0.39 is 16.3 Å². The molecule has 0 unspecified atom stereocenters. The summed E-state index contributed by atoms with van der Waals surface area (Å²) in [5.74, 6) is -1.30. The summed E-state index contributed by atoms with van der Waals surface area (Å²) in [6, 6.07) is 6.75. The number of carbonyl (C=O) groups is 1. The van der Waals surface area contributed by atoms with Crippen molar-refractivity contribution in [2.45, 2.75) is 6.92 Å². The van der Waals surface area contributed by atoms with Gasteiger partial charge in [0.25, 0.3) is 5.69 Å². The van der Waals surface area contributed by atoms with E-state index in [0.29, 0.717) is 5.69 Å². The molecular weight excluding hydrogens is 264 g/mol. The van der Waals surface area contributed by atoms with Crippen LogP contribution in [-0.2, 0) is 0 Å². The van der Waals surface area contributed by atoms with E-state index in [4.69, 9.17) is 5.11 Å². The van der Waals surface area contributed by atoms with Crippen molar-refractivity contribution in [3.05, 3.63) is 68.1 Å². The number of hydrogen-bond donors (Lipinski definition) is 1. The van der Waals surface area contributed by atoms with Crippen molar-refractivity contribution in [2.24, 2.45) is 0 Å². The van der Waals surface area contributed by atoms with Crippen LogP contribution >= 0.6 is 0 Å². The Hall–Kier alpha value is -2.96. The average molecular weight is 274 g/mol. The topological polar surface area (TPSA) is 102 Å². The summed E-state index contributed by atoms with van der Waals surface area (Å²) >= 11 is 0. The molecule has 0 aliphatic carbocycles. The molecule has 0 saturated carbocycles. The molecule has 0 spiro atoms. The minimum atomic E-state index is -1.30. The second-order valence-electron chi connectivity index (χ2n) is 4.09. The normalized spacial score (nSPS) is 10.2. The first-order valence-electron chi connectivity index (χ1n) is 5.62. The van der Waals surface area contributed by atoms with Crippen LogP contribution in [0.25, 0.3) is 5.69 Å². The number of hydrogen-bond acceptors (Lipinski definition) is 4. The number of nitro groups is 1. The summed E-state index contributed by atoms with van der Waals surface area (Å²) in [7, 11) is 0. The third-order valence-electron chi connectivity index (χ3n) is 2.90. The van der Waals surface area contributed by atoms with Crippen molar-refractivity contribution in [3.63, 3.8) is 0 Å². The van der Waals surface area contributed by atoms with Crippen molar-refractivity contribution in [3.8, 4) is 5.69 Å². The Morgan fingerprint density at radius 2 is 1.85 bits per heavy atom. The zero-order valence-corrected chi connectivity index (χ0v) is 10.4. The number of carboxylic acid groups (broad SMARTS) is 1. The van der Waals surface area contributed by atoms with Gasteiger partial charge >= 0.3 is 5.97 Å². The van der Waals surface area contributed by atoms with Crippen LogP contribution in [-0.4, -0.2) is 20.6 Å². The first-order chi connectivity index (χ1) is 9.41. The molecule has 0 radical (unpaired) electrons. The molecule has 7 nitrogen and oxygen atoms in total. The molecule has 20 heavy (non-hydrogen) atoms. The second-order valence-corrected chi connectivity index (χ2v) is 4.09. The zero-order valence-electron chi connectivity index (χ0n) is 10.4. The number of aromatic nitrogens is 1. The van der Waals surface area contributed by atoms with Gasteiger partial charge < -0.3 is 9.67 Å². The van der Waals surface area contributed by atoms with Gasteiger partial charge in [0.1, 0.15) is 5.56 Å². The SMILES string of the molecule is Cc1c(C(=O)O)c(=O)ccn1-c1ccc([N+](=O)[O-])cc1. The van der Waals surface area contributed by atoms with Gasteiger partial charge in [-0.15, -0.1) is 0 Å². The van der Waals surface area contributed by atoms with Crippen molar-refractivity contribution in [2.75, 3.05) is 0 Å². The predicted octanol–water partition coefficient (Wildman–Crippen LogP) is 1.75. The van der Waals surface area contributed by atoms with Crippen LogP contribution in [0, 0.1) is 17.0 Å². The number of benzene rings is 1. The Labute approximate surface area is 112 Å². The summed E-state index contributed by atoms with van der Waals surface area (Å²) in [6.45, 7) is 1.51. The lowest BCUT2D eigenvalue weighted by Crippen LogP contribution is -2.19. The second kappa shape index (κ2) is 4.96. The van der Waals surface area contributed by atoms with E-state index in [1.807, 2.05) is 0 Å². The molecule has 2 aromatic rings. The minimum absolute atomic E-state index is 0.0640. The quantitative estimate of drug-likeness (QED) is 0.678. The van der Waals surface area contributed by atoms with E-state index in [1.54, 1.807) is 0 Å². The molecule has 1 N–H and O–H groups in total. The van der Waals surface area contributed by atoms with E-state index >= 15 is 0 Å². The number of nitrogens with zero attached hydrogens (tertiary/aromatic N) is 2. The van der Waals surface area contributed by atoms with Crippen LogP contribution < -0.4 is 5.43 Å². The molecule has 102 valence electrons. The van der Waals surface area contributed by atoms with Crippen molar-refractivity contribution < 1.29 is 14.8 Å². The van der Waals surface area contributed by atoms with E-state index in [2.05, 4.69) is 0 Å². The average Bonchev–Trinajstić information content (AvgIpc) is 2.38. The zero-order chi connectivity index (χ0) is 14.9. The number of pyridine rings is 1. The number of rotatable bonds is 3. The Balaban J connectivity index is 2.59. The number of nitro benzene ring substituents is 1. The van der Waals surface area contributed by atoms with Crippen LogP contribution in [0.3, 0.4) is 0 Å². The standard InChI is InChI=1S/C13H10N2O5/c1-8-12(13(17)18)11(16)6-7-14(8)9-2-4-10(5-3-9)15(19)20/h2-7H,1H3,(H,17,18). The van der Waals surface area contributed by atoms with Gasteiger partial charge in [0.15, 0.2) is 5.43 Å². The molecule has 0 aliphatic heterocycles. The van der Waals surface area contributed by atoms with Crippen molar-refractivity contribution in [1.29, 1.82) is 0 Å². The monoisotopic (exact) mass is 274 g/mol. The molecule has 1 aromatic carbocycles. The molecular formula is C13H10N2O5. The summed E-state index contributed by atoms with van der Waals surface area (Å²) in [6.07, 6.45) is 1.44. The molecule has 0 fully saturated rings. The summed E-state index contributed by atoms with van der Waals surface area (Å²) in [5.41, 5.74) is -0.153. The molecule has 0 saturated heterocycles. The van der Waals surface area contributed by atoms with Crippen LogP contribution in [0.1, 0.15) is 16.1 Å². The molecule has 0 bridgehead atoms. The van der Waals surface area contributed by atoms with E-state index in [-0.39, 0.29) is 16.9 Å². The van der Waals surface area contributed by atoms with Crippen LogP contribution in [0.5, 0.6) is 0 Å². The summed E-state index contributed by atoms with van der Waals surface area (Å²) < 4.78 is 1.49. The van der Waals surface area contributed by atoms with Gasteiger partial charge in [-0.2, -0.15) is 0 Å². The number of carboxylic acids is 1. The fourth-order valence-electron chi connectivity index (χ4n) is 1.91. The molecule has 2 rings (SSSR count). The highest BCUT2D eigenvalue weighted by atomic mass is 16.6. The third kappa shape index (κ3) is 2.28. The smallest absolute Gasteiger partial charge is 0.341 e. The molecule has 0 aliphatic rings. The molecule has 1 aromatic heterocycles. The number of aromatic carboxylic acids is 1. The number of non-ortho nitro benzene ring substituents is 1. The highest BCUT2D eigenvalue weighted by Crippen LogP contribution is 2.17. The van der Waals surface area contributed by atoms with E-state index in [1.165, 1.54) is 42.0 Å². The summed E-state index contributed by atoms with van der Waals surface area (Å²) in [5, 5.41) is 19.6. The van der Waals surface area contributed by atoms with Gasteiger partial charge in [0.2, 0.25) is 0 Å². The van der Waals surface area contributed by atoms with Crippen molar-refractivity contribution >= 4 is 11.7 Å². The van der Waals surface area contributed by atoms with E-state index in [9.17, 15) is 19.7 Å². The minimum Gasteiger partial charge on any atom is -0.477 e. The molecule has 0 atom stereocenters. The van der Waals surface area contributed by atoms with Gasteiger partial charge in [0, 0.05) is 35.8 Å². The lowest BCUT2D eigenvalue weighted by molar-refractivity contribution is -0.384. The lowest BCUT2D eigenvalue weighted by Gasteiger charge is -2.12. The highest BCUT2D eigenvalue weighted by molar-refractivity contribution is 5.88. The van der Waals surface area contributed by atoms with Gasteiger partial charge in [-0.3, -0.25) is 14.9 Å². The fraction of sp³-hybridized carbons (Fsp3) is 0.0769. The first-order valence-corrected chi connectivity index (χ1v) is 5.62.